The van der Waals surface area contributed by atoms with Crippen LogP contribution in [0.3, 0.4) is 0 Å². The molecule has 18 heavy (non-hydrogen) atoms. The van der Waals surface area contributed by atoms with Crippen molar-refractivity contribution in [1.82, 2.24) is 5.32 Å². The number of ether oxygens (including phenoxy) is 1. The summed E-state index contributed by atoms with van der Waals surface area (Å²) < 4.78 is 5.87. The fraction of sp³-hybridized carbons (Fsp3) is 0.462. The molecule has 1 heterocycles. The van der Waals surface area contributed by atoms with Gasteiger partial charge in [0.1, 0.15) is 11.9 Å². The molecule has 1 aromatic carbocycles. The molecule has 0 radical (unpaired) electrons. The van der Waals surface area contributed by atoms with Crippen LogP contribution in [0.2, 0.25) is 5.02 Å². The number of fused-ring (bicyclic) bond motifs is 3. The van der Waals surface area contributed by atoms with Crippen LogP contribution in [0.1, 0.15) is 23.1 Å². The number of carboxylic acid groups (broad SMARTS) is 1. The van der Waals surface area contributed by atoms with Crippen molar-refractivity contribution in [2.45, 2.75) is 31.8 Å². The van der Waals surface area contributed by atoms with Crippen LogP contribution in [0.25, 0.3) is 0 Å². The van der Waals surface area contributed by atoms with E-state index < -0.39 is 6.09 Å². The van der Waals surface area contributed by atoms with E-state index in [-0.39, 0.29) is 6.10 Å². The summed E-state index contributed by atoms with van der Waals surface area (Å²) in [5.41, 5.74) is 3.59. The normalized spacial score (nSPS) is 20.2. The van der Waals surface area contributed by atoms with Crippen molar-refractivity contribution >= 4 is 17.7 Å². The molecule has 5 heteroatoms. The van der Waals surface area contributed by atoms with Crippen LogP contribution < -0.4 is 10.1 Å². The minimum atomic E-state index is -1.02. The number of aryl methyl sites for hydroxylation is 1. The molecule has 0 aromatic heterocycles. The van der Waals surface area contributed by atoms with Gasteiger partial charge < -0.3 is 15.2 Å². The van der Waals surface area contributed by atoms with Gasteiger partial charge in [0.15, 0.2) is 0 Å². The Morgan fingerprint density at radius 2 is 2.33 bits per heavy atom. The van der Waals surface area contributed by atoms with Crippen LogP contribution in [-0.2, 0) is 19.3 Å². The van der Waals surface area contributed by atoms with Gasteiger partial charge in [-0.05, 0) is 36.5 Å². The second kappa shape index (κ2) is 4.35. The van der Waals surface area contributed by atoms with Gasteiger partial charge >= 0.3 is 6.09 Å². The molecule has 0 saturated heterocycles. The van der Waals surface area contributed by atoms with E-state index >= 15 is 0 Å². The molecule has 0 spiro atoms. The van der Waals surface area contributed by atoms with Crippen molar-refractivity contribution in [3.8, 4) is 5.75 Å². The zero-order valence-corrected chi connectivity index (χ0v) is 10.6. The molecule has 2 aliphatic rings. The standard InChI is InChI=1S/C13H14ClNO3/c14-11-4-7-2-1-3-9(7)12-10(11)5-8(18-12)6-15-13(16)17/h4,8,15H,1-3,5-6H2,(H,16,17). The summed E-state index contributed by atoms with van der Waals surface area (Å²) in [6.07, 6.45) is 2.76. The third-order valence-corrected chi connectivity index (χ3v) is 3.93. The summed E-state index contributed by atoms with van der Waals surface area (Å²) in [6.45, 7) is 0.301. The van der Waals surface area contributed by atoms with Gasteiger partial charge in [0, 0.05) is 17.0 Å². The number of hydrogen-bond acceptors (Lipinski definition) is 2. The lowest BCUT2D eigenvalue weighted by Crippen LogP contribution is -2.33. The Labute approximate surface area is 110 Å². The van der Waals surface area contributed by atoms with Crippen molar-refractivity contribution in [1.29, 1.82) is 0 Å². The topological polar surface area (TPSA) is 58.6 Å². The molecule has 1 atom stereocenters. The van der Waals surface area contributed by atoms with Gasteiger partial charge in [0.25, 0.3) is 0 Å². The van der Waals surface area contributed by atoms with Gasteiger partial charge in [0.2, 0.25) is 0 Å². The van der Waals surface area contributed by atoms with Crippen molar-refractivity contribution in [3.63, 3.8) is 0 Å². The maximum absolute atomic E-state index is 10.5. The van der Waals surface area contributed by atoms with Gasteiger partial charge in [-0.25, -0.2) is 4.79 Å². The van der Waals surface area contributed by atoms with Crippen molar-refractivity contribution in [2.24, 2.45) is 0 Å². The lowest BCUT2D eigenvalue weighted by atomic mass is 10.0. The van der Waals surface area contributed by atoms with Gasteiger partial charge in [-0.1, -0.05) is 11.6 Å². The summed E-state index contributed by atoms with van der Waals surface area (Å²) in [7, 11) is 0. The van der Waals surface area contributed by atoms with Crippen LogP contribution in [-0.4, -0.2) is 23.8 Å². The Kier molecular flexibility index (Phi) is 2.82. The lowest BCUT2D eigenvalue weighted by molar-refractivity contribution is 0.180. The summed E-state index contributed by atoms with van der Waals surface area (Å²) in [4.78, 5) is 10.5. The van der Waals surface area contributed by atoms with E-state index in [0.717, 1.165) is 35.6 Å². The molecule has 96 valence electrons. The highest BCUT2D eigenvalue weighted by atomic mass is 35.5. The molecular formula is C13H14ClNO3. The van der Waals surface area contributed by atoms with Gasteiger partial charge in [-0.15, -0.1) is 0 Å². The molecule has 1 unspecified atom stereocenters. The minimum absolute atomic E-state index is 0.138. The first-order chi connectivity index (χ1) is 8.65. The number of nitrogens with one attached hydrogen (secondary N) is 1. The van der Waals surface area contributed by atoms with Crippen LogP contribution in [0.5, 0.6) is 5.75 Å². The highest BCUT2D eigenvalue weighted by Crippen LogP contribution is 2.42. The number of hydrogen-bond donors (Lipinski definition) is 2. The Balaban J connectivity index is 1.84. The maximum Gasteiger partial charge on any atom is 0.404 e. The average Bonchev–Trinajstić information content (AvgIpc) is 2.91. The predicted molar refractivity (Wildman–Crippen MR) is 67.6 cm³/mol. The first-order valence-corrected chi connectivity index (χ1v) is 6.49. The van der Waals surface area contributed by atoms with E-state index in [4.69, 9.17) is 21.4 Å². The molecule has 2 N–H and O–H groups in total. The van der Waals surface area contributed by atoms with Crippen LogP contribution in [0, 0.1) is 0 Å². The Morgan fingerprint density at radius 1 is 1.50 bits per heavy atom. The Hall–Kier alpha value is -1.42. The van der Waals surface area contributed by atoms with E-state index in [2.05, 4.69) is 5.32 Å². The number of benzene rings is 1. The summed E-state index contributed by atoms with van der Waals surface area (Å²) >= 11 is 6.26. The lowest BCUT2D eigenvalue weighted by Gasteiger charge is -2.12. The zero-order valence-electron chi connectivity index (χ0n) is 9.83. The SMILES string of the molecule is O=C(O)NCC1Cc2c(Cl)cc3c(c2O1)CCC3. The fourth-order valence-corrected chi connectivity index (χ4v) is 3.09. The highest BCUT2D eigenvalue weighted by Gasteiger charge is 2.30. The molecule has 1 aliphatic carbocycles. The molecule has 0 bridgehead atoms. The van der Waals surface area contributed by atoms with Crippen LogP contribution in [0.15, 0.2) is 6.07 Å². The Bertz CT molecular complexity index is 515. The first kappa shape index (κ1) is 11.7. The molecule has 3 rings (SSSR count). The highest BCUT2D eigenvalue weighted by molar-refractivity contribution is 6.31. The molecular weight excluding hydrogens is 254 g/mol. The number of carbonyl (C=O) groups is 1. The molecule has 1 aliphatic heterocycles. The summed E-state index contributed by atoms with van der Waals surface area (Å²) in [6, 6.07) is 2.04. The fourth-order valence-electron chi connectivity index (χ4n) is 2.80. The molecule has 0 saturated carbocycles. The van der Waals surface area contributed by atoms with E-state index in [0.29, 0.717) is 13.0 Å². The van der Waals surface area contributed by atoms with E-state index in [1.54, 1.807) is 0 Å². The molecule has 1 aromatic rings. The van der Waals surface area contributed by atoms with Crippen LogP contribution >= 0.6 is 11.6 Å². The number of halogens is 1. The predicted octanol–water partition coefficient (Wildman–Crippen LogP) is 2.40. The molecule has 4 nitrogen and oxygen atoms in total. The van der Waals surface area contributed by atoms with Gasteiger partial charge in [0.05, 0.1) is 6.54 Å². The quantitative estimate of drug-likeness (QED) is 0.865. The number of rotatable bonds is 2. The third-order valence-electron chi connectivity index (χ3n) is 3.60. The van der Waals surface area contributed by atoms with E-state index in [1.165, 1.54) is 11.1 Å². The summed E-state index contributed by atoms with van der Waals surface area (Å²) in [5.74, 6) is 0.909. The van der Waals surface area contributed by atoms with Crippen molar-refractivity contribution < 1.29 is 14.6 Å². The Morgan fingerprint density at radius 3 is 3.11 bits per heavy atom. The molecule has 1 amide bonds. The smallest absolute Gasteiger partial charge is 0.404 e. The van der Waals surface area contributed by atoms with Gasteiger partial charge in [-0.2, -0.15) is 0 Å². The second-order valence-electron chi connectivity index (χ2n) is 4.79. The van der Waals surface area contributed by atoms with Gasteiger partial charge in [-0.3, -0.25) is 0 Å². The van der Waals surface area contributed by atoms with Crippen LogP contribution in [0.4, 0.5) is 4.79 Å². The second-order valence-corrected chi connectivity index (χ2v) is 5.19. The third kappa shape index (κ3) is 1.90. The summed E-state index contributed by atoms with van der Waals surface area (Å²) in [5, 5.41) is 11.7. The average molecular weight is 268 g/mol. The first-order valence-electron chi connectivity index (χ1n) is 6.11. The van der Waals surface area contributed by atoms with Crippen molar-refractivity contribution in [3.05, 3.63) is 27.8 Å². The van der Waals surface area contributed by atoms with E-state index in [1.807, 2.05) is 6.07 Å². The van der Waals surface area contributed by atoms with E-state index in [9.17, 15) is 4.79 Å². The molecule has 0 fully saturated rings. The minimum Gasteiger partial charge on any atom is -0.488 e. The monoisotopic (exact) mass is 267 g/mol. The van der Waals surface area contributed by atoms with Crippen molar-refractivity contribution in [2.75, 3.05) is 6.54 Å². The maximum atomic E-state index is 10.5. The largest absolute Gasteiger partial charge is 0.488 e. The number of amides is 1. The zero-order chi connectivity index (χ0) is 12.7.